The molecule has 10 nitrogen and oxygen atoms in total. The van der Waals surface area contributed by atoms with Crippen LogP contribution in [0.15, 0.2) is 52.3 Å². The minimum absolute atomic E-state index is 0.0146. The number of nitrogens with zero attached hydrogens (tertiary/aromatic N) is 1. The first-order valence-electron chi connectivity index (χ1n) is 10.3. The Bertz CT molecular complexity index is 1230. The van der Waals surface area contributed by atoms with E-state index in [2.05, 4.69) is 4.72 Å². The highest BCUT2D eigenvalue weighted by Crippen LogP contribution is 2.31. The molecule has 180 valence electrons. The quantitative estimate of drug-likeness (QED) is 0.560. The fourth-order valence-corrected chi connectivity index (χ4v) is 4.87. The second-order valence-corrected chi connectivity index (χ2v) is 10.9. The van der Waals surface area contributed by atoms with E-state index >= 15 is 0 Å². The van der Waals surface area contributed by atoms with Crippen molar-refractivity contribution < 1.29 is 31.1 Å². The van der Waals surface area contributed by atoms with Gasteiger partial charge in [-0.05, 0) is 36.8 Å². The molecule has 0 fully saturated rings. The molecule has 33 heavy (non-hydrogen) atoms. The zero-order chi connectivity index (χ0) is 24.2. The number of nitrogens with two attached hydrogens (primary N) is 1. The third kappa shape index (κ3) is 6.22. The van der Waals surface area contributed by atoms with E-state index in [4.69, 9.17) is 14.6 Å². The number of sulfonamides is 2. The van der Waals surface area contributed by atoms with Crippen molar-refractivity contribution >= 4 is 26.0 Å². The molecule has 2 aromatic rings. The molecule has 0 aliphatic carbocycles. The highest BCUT2D eigenvalue weighted by Gasteiger charge is 2.22. The predicted octanol–water partition coefficient (Wildman–Crippen LogP) is 1.38. The Balaban J connectivity index is 1.61. The Morgan fingerprint density at radius 3 is 2.45 bits per heavy atom. The number of fused-ring (bicyclic) bond motifs is 1. The number of hydrogen-bond donors (Lipinski definition) is 2. The maximum absolute atomic E-state index is 12.6. The number of benzene rings is 2. The van der Waals surface area contributed by atoms with Crippen LogP contribution in [0, 0.1) is 0 Å². The third-order valence-corrected chi connectivity index (χ3v) is 7.67. The first-order valence-corrected chi connectivity index (χ1v) is 13.3. The SMILES string of the molecule is CC(c1cccc(S(N)(=O)=O)c1)N(C)C(=O)CCNS(=O)(=O)c1ccc2c(c1)OCCCO2. The average molecular weight is 498 g/mol. The number of hydrogen-bond acceptors (Lipinski definition) is 7. The van der Waals surface area contributed by atoms with Crippen LogP contribution in [0.1, 0.15) is 31.4 Å². The number of primary sulfonamides is 1. The van der Waals surface area contributed by atoms with Gasteiger partial charge in [0.2, 0.25) is 26.0 Å². The van der Waals surface area contributed by atoms with Crippen molar-refractivity contribution in [2.24, 2.45) is 5.14 Å². The van der Waals surface area contributed by atoms with E-state index in [9.17, 15) is 21.6 Å². The molecular formula is C21H27N3O7S2. The molecular weight excluding hydrogens is 470 g/mol. The van der Waals surface area contributed by atoms with Crippen LogP contribution in [0.2, 0.25) is 0 Å². The van der Waals surface area contributed by atoms with Crippen LogP contribution >= 0.6 is 0 Å². The lowest BCUT2D eigenvalue weighted by Crippen LogP contribution is -2.33. The maximum Gasteiger partial charge on any atom is 0.240 e. The summed E-state index contributed by atoms with van der Waals surface area (Å²) in [6.07, 6.45) is 0.620. The van der Waals surface area contributed by atoms with Gasteiger partial charge in [0.25, 0.3) is 0 Å². The number of carbonyl (C=O) groups excluding carboxylic acids is 1. The number of carbonyl (C=O) groups is 1. The Labute approximate surface area is 193 Å². The van der Waals surface area contributed by atoms with Gasteiger partial charge < -0.3 is 14.4 Å². The number of ether oxygens (including phenoxy) is 2. The molecule has 0 spiro atoms. The van der Waals surface area contributed by atoms with Gasteiger partial charge in [-0.15, -0.1) is 0 Å². The first kappa shape index (κ1) is 25.0. The largest absolute Gasteiger partial charge is 0.490 e. The van der Waals surface area contributed by atoms with E-state index in [0.717, 1.165) is 0 Å². The minimum atomic E-state index is -3.87. The molecule has 3 rings (SSSR count). The topological polar surface area (TPSA) is 145 Å². The molecule has 12 heteroatoms. The van der Waals surface area contributed by atoms with Crippen LogP contribution in [0.3, 0.4) is 0 Å². The summed E-state index contributed by atoms with van der Waals surface area (Å²) < 4.78 is 61.9. The van der Waals surface area contributed by atoms with Crippen LogP contribution in [-0.4, -0.2) is 54.4 Å². The van der Waals surface area contributed by atoms with Gasteiger partial charge >= 0.3 is 0 Å². The summed E-state index contributed by atoms with van der Waals surface area (Å²) in [5, 5.41) is 5.17. The van der Waals surface area contributed by atoms with Crippen molar-refractivity contribution in [1.82, 2.24) is 9.62 Å². The molecule has 1 unspecified atom stereocenters. The Hall–Kier alpha value is -2.67. The van der Waals surface area contributed by atoms with Crippen molar-refractivity contribution in [3.63, 3.8) is 0 Å². The highest BCUT2D eigenvalue weighted by atomic mass is 32.2. The van der Waals surface area contributed by atoms with Crippen molar-refractivity contribution in [3.05, 3.63) is 48.0 Å². The molecule has 1 atom stereocenters. The highest BCUT2D eigenvalue weighted by molar-refractivity contribution is 7.89. The Kier molecular flexibility index (Phi) is 7.62. The third-order valence-electron chi connectivity index (χ3n) is 5.30. The summed E-state index contributed by atoms with van der Waals surface area (Å²) in [4.78, 5) is 14.0. The normalized spacial score (nSPS) is 14.9. The van der Waals surface area contributed by atoms with E-state index in [1.54, 1.807) is 32.2 Å². The second-order valence-electron chi connectivity index (χ2n) is 7.60. The molecule has 0 saturated carbocycles. The van der Waals surface area contributed by atoms with E-state index in [0.29, 0.717) is 36.7 Å². The predicted molar refractivity (Wildman–Crippen MR) is 121 cm³/mol. The zero-order valence-electron chi connectivity index (χ0n) is 18.4. The molecule has 0 radical (unpaired) electrons. The standard InChI is InChI=1S/C21H27N3O7S2/c1-15(16-5-3-6-17(13-16)32(22,26)27)24(2)21(25)9-10-23-33(28,29)18-7-8-19-20(14-18)31-12-4-11-30-19/h3,5-8,13-15,23H,4,9-12H2,1-2H3,(H2,22,26,27). The molecule has 1 aliphatic rings. The lowest BCUT2D eigenvalue weighted by atomic mass is 10.1. The van der Waals surface area contributed by atoms with Crippen LogP contribution in [0.4, 0.5) is 0 Å². The fraction of sp³-hybridized carbons (Fsp3) is 0.381. The molecule has 0 aromatic heterocycles. The number of nitrogens with one attached hydrogen (secondary N) is 1. The van der Waals surface area contributed by atoms with Crippen LogP contribution in [0.25, 0.3) is 0 Å². The van der Waals surface area contributed by atoms with E-state index in [-0.39, 0.29) is 28.7 Å². The minimum Gasteiger partial charge on any atom is -0.490 e. The average Bonchev–Trinajstić information content (AvgIpc) is 3.02. The van der Waals surface area contributed by atoms with Crippen LogP contribution in [-0.2, 0) is 24.8 Å². The van der Waals surface area contributed by atoms with Gasteiger partial charge in [-0.3, -0.25) is 4.79 Å². The van der Waals surface area contributed by atoms with Gasteiger partial charge in [0.15, 0.2) is 11.5 Å². The Morgan fingerprint density at radius 2 is 1.76 bits per heavy atom. The van der Waals surface area contributed by atoms with E-state index < -0.39 is 26.1 Å². The van der Waals surface area contributed by atoms with E-state index in [1.807, 2.05) is 0 Å². The second kappa shape index (κ2) is 10.1. The van der Waals surface area contributed by atoms with Gasteiger partial charge in [0, 0.05) is 32.5 Å². The smallest absolute Gasteiger partial charge is 0.240 e. The van der Waals surface area contributed by atoms with Gasteiger partial charge in [-0.1, -0.05) is 12.1 Å². The monoisotopic (exact) mass is 497 g/mol. The lowest BCUT2D eigenvalue weighted by Gasteiger charge is -2.25. The van der Waals surface area contributed by atoms with Crippen molar-refractivity contribution in [3.8, 4) is 11.5 Å². The number of amides is 1. The van der Waals surface area contributed by atoms with Crippen molar-refractivity contribution in [2.45, 2.75) is 35.6 Å². The summed E-state index contributed by atoms with van der Waals surface area (Å²) in [5.41, 5.74) is 0.588. The summed E-state index contributed by atoms with van der Waals surface area (Å²) >= 11 is 0. The molecule has 3 N–H and O–H groups in total. The van der Waals surface area contributed by atoms with Crippen LogP contribution < -0.4 is 19.3 Å². The van der Waals surface area contributed by atoms with Gasteiger partial charge in [-0.2, -0.15) is 0 Å². The van der Waals surface area contributed by atoms with E-state index in [1.165, 1.54) is 29.2 Å². The summed E-state index contributed by atoms with van der Waals surface area (Å²) in [6, 6.07) is 9.95. The van der Waals surface area contributed by atoms with Gasteiger partial charge in [0.1, 0.15) is 0 Å². The van der Waals surface area contributed by atoms with Crippen LogP contribution in [0.5, 0.6) is 11.5 Å². The number of rotatable bonds is 8. The maximum atomic E-state index is 12.6. The summed E-state index contributed by atoms with van der Waals surface area (Å²) in [7, 11) is -6.16. The van der Waals surface area contributed by atoms with Crippen molar-refractivity contribution in [2.75, 3.05) is 26.8 Å². The molecule has 1 aliphatic heterocycles. The molecule has 2 aromatic carbocycles. The summed E-state index contributed by atoms with van der Waals surface area (Å²) in [6.45, 7) is 2.56. The van der Waals surface area contributed by atoms with Crippen molar-refractivity contribution in [1.29, 1.82) is 0 Å². The zero-order valence-corrected chi connectivity index (χ0v) is 20.0. The molecule has 0 bridgehead atoms. The fourth-order valence-electron chi connectivity index (χ4n) is 3.25. The first-order chi connectivity index (χ1) is 15.5. The lowest BCUT2D eigenvalue weighted by molar-refractivity contribution is -0.131. The molecule has 1 heterocycles. The van der Waals surface area contributed by atoms with Gasteiger partial charge in [0.05, 0.1) is 29.0 Å². The molecule has 1 amide bonds. The Morgan fingerprint density at radius 1 is 1.06 bits per heavy atom. The summed E-state index contributed by atoms with van der Waals surface area (Å²) in [5.74, 6) is 0.537. The molecule has 0 saturated heterocycles. The van der Waals surface area contributed by atoms with Gasteiger partial charge in [-0.25, -0.2) is 26.7 Å².